The smallest absolute Gasteiger partial charge is 0.343 e. The second-order valence-corrected chi connectivity index (χ2v) is 4.88. The zero-order valence-electron chi connectivity index (χ0n) is 11.6. The van der Waals surface area contributed by atoms with Crippen LogP contribution < -0.4 is 0 Å². The van der Waals surface area contributed by atoms with E-state index >= 15 is 0 Å². The van der Waals surface area contributed by atoms with E-state index in [1.165, 1.54) is 9.80 Å². The van der Waals surface area contributed by atoms with Gasteiger partial charge in [0.2, 0.25) is 6.17 Å². The summed E-state index contributed by atoms with van der Waals surface area (Å²) in [5, 5.41) is 10.1. The normalized spacial score (nSPS) is 19.7. The van der Waals surface area contributed by atoms with Crippen molar-refractivity contribution in [1.82, 2.24) is 9.80 Å². The summed E-state index contributed by atoms with van der Waals surface area (Å²) in [5.41, 5.74) is -1.74. The van der Waals surface area contributed by atoms with Crippen LogP contribution >= 0.6 is 0 Å². The molecule has 0 aliphatic carbocycles. The van der Waals surface area contributed by atoms with Crippen LogP contribution in [-0.2, 0) is 9.53 Å². The quantitative estimate of drug-likeness (QED) is 0.757. The van der Waals surface area contributed by atoms with Gasteiger partial charge in [0, 0.05) is 27.2 Å². The highest BCUT2D eigenvalue weighted by Crippen LogP contribution is 2.28. The first kappa shape index (κ1) is 15.7. The fourth-order valence-corrected chi connectivity index (χ4v) is 2.06. The van der Waals surface area contributed by atoms with E-state index in [1.54, 1.807) is 21.0 Å². The van der Waals surface area contributed by atoms with Gasteiger partial charge in [-0.2, -0.15) is 0 Å². The van der Waals surface area contributed by atoms with Crippen LogP contribution in [0, 0.1) is 0 Å². The van der Waals surface area contributed by atoms with Crippen molar-refractivity contribution in [3.8, 4) is 0 Å². The van der Waals surface area contributed by atoms with E-state index in [2.05, 4.69) is 4.74 Å². The van der Waals surface area contributed by atoms with E-state index in [-0.39, 0.29) is 38.6 Å². The Morgan fingerprint density at radius 2 is 1.95 bits per heavy atom. The van der Waals surface area contributed by atoms with Crippen molar-refractivity contribution in [3.63, 3.8) is 0 Å². The number of amides is 2. The Morgan fingerprint density at radius 3 is 2.37 bits per heavy atom. The number of esters is 1. The second-order valence-electron chi connectivity index (χ2n) is 4.88. The lowest BCUT2D eigenvalue weighted by Gasteiger charge is -2.39. The van der Waals surface area contributed by atoms with E-state index in [9.17, 15) is 19.1 Å². The molecule has 0 bridgehead atoms. The monoisotopic (exact) mass is 276 g/mol. The van der Waals surface area contributed by atoms with Crippen LogP contribution in [0.4, 0.5) is 9.18 Å². The standard InChI is InChI=1S/C12H21FN2O4/c1-4-19-10(16)9(13)12(18)5-7-15(8-6-12)11(17)14(2)3/h9,18H,4-8H2,1-3H3. The zero-order chi connectivity index (χ0) is 14.6. The van der Waals surface area contributed by atoms with Gasteiger partial charge < -0.3 is 19.6 Å². The van der Waals surface area contributed by atoms with Crippen LogP contribution in [-0.4, -0.2) is 72.5 Å². The van der Waals surface area contributed by atoms with E-state index in [0.29, 0.717) is 0 Å². The number of carbonyl (C=O) groups excluding carboxylic acids is 2. The van der Waals surface area contributed by atoms with Crippen molar-refractivity contribution >= 4 is 12.0 Å². The highest BCUT2D eigenvalue weighted by atomic mass is 19.1. The molecule has 0 aromatic rings. The zero-order valence-corrected chi connectivity index (χ0v) is 11.6. The Kier molecular flexibility index (Phi) is 5.11. The summed E-state index contributed by atoms with van der Waals surface area (Å²) in [6.45, 7) is 2.08. The molecule has 110 valence electrons. The number of aliphatic hydroxyl groups is 1. The summed E-state index contributed by atoms with van der Waals surface area (Å²) >= 11 is 0. The molecule has 0 aromatic heterocycles. The maximum atomic E-state index is 13.9. The van der Waals surface area contributed by atoms with Crippen molar-refractivity contribution in [3.05, 3.63) is 0 Å². The third-order valence-corrected chi connectivity index (χ3v) is 3.25. The molecule has 0 spiro atoms. The molecule has 1 heterocycles. The highest BCUT2D eigenvalue weighted by molar-refractivity contribution is 5.76. The van der Waals surface area contributed by atoms with Gasteiger partial charge in [-0.3, -0.25) is 0 Å². The first-order valence-electron chi connectivity index (χ1n) is 6.31. The minimum Gasteiger partial charge on any atom is -0.464 e. The topological polar surface area (TPSA) is 70.1 Å². The first-order chi connectivity index (χ1) is 8.81. The molecule has 6 nitrogen and oxygen atoms in total. The lowest BCUT2D eigenvalue weighted by atomic mass is 9.87. The van der Waals surface area contributed by atoms with Gasteiger partial charge in [0.1, 0.15) is 5.60 Å². The van der Waals surface area contributed by atoms with E-state index in [4.69, 9.17) is 0 Å². The predicted octanol–water partition coefficient (Wildman–Crippen LogP) is 0.396. The maximum absolute atomic E-state index is 13.9. The van der Waals surface area contributed by atoms with Crippen LogP contribution in [0.5, 0.6) is 0 Å². The summed E-state index contributed by atoms with van der Waals surface area (Å²) < 4.78 is 18.5. The van der Waals surface area contributed by atoms with Crippen molar-refractivity contribution in [2.75, 3.05) is 33.8 Å². The molecule has 0 radical (unpaired) electrons. The highest BCUT2D eigenvalue weighted by Gasteiger charge is 2.45. The second kappa shape index (κ2) is 6.18. The molecule has 1 N–H and O–H groups in total. The minimum atomic E-state index is -2.07. The Morgan fingerprint density at radius 1 is 1.42 bits per heavy atom. The van der Waals surface area contributed by atoms with Gasteiger partial charge in [0.25, 0.3) is 0 Å². The molecule has 0 aromatic carbocycles. The van der Waals surface area contributed by atoms with Crippen LogP contribution in [0.3, 0.4) is 0 Å². The number of piperidine rings is 1. The van der Waals surface area contributed by atoms with Crippen molar-refractivity contribution in [2.24, 2.45) is 0 Å². The van der Waals surface area contributed by atoms with Gasteiger partial charge in [0.05, 0.1) is 6.61 Å². The lowest BCUT2D eigenvalue weighted by Crippen LogP contribution is -2.55. The number of carbonyl (C=O) groups is 2. The number of rotatable bonds is 3. The van der Waals surface area contributed by atoms with Crippen LogP contribution in [0.1, 0.15) is 19.8 Å². The summed E-state index contributed by atoms with van der Waals surface area (Å²) in [5.74, 6) is -1.04. The molecular weight excluding hydrogens is 255 g/mol. The summed E-state index contributed by atoms with van der Waals surface area (Å²) in [4.78, 5) is 26.0. The van der Waals surface area contributed by atoms with Gasteiger partial charge in [-0.05, 0) is 19.8 Å². The van der Waals surface area contributed by atoms with Crippen molar-refractivity contribution < 1.29 is 23.8 Å². The summed E-state index contributed by atoms with van der Waals surface area (Å²) in [6.07, 6.45) is -2.02. The molecule has 1 unspecified atom stereocenters. The number of alkyl halides is 1. The fraction of sp³-hybridized carbons (Fsp3) is 0.833. The molecule has 1 atom stereocenters. The number of hydrogen-bond donors (Lipinski definition) is 1. The molecule has 1 aliphatic rings. The lowest BCUT2D eigenvalue weighted by molar-refractivity contribution is -0.164. The summed E-state index contributed by atoms with van der Waals surface area (Å²) in [6, 6.07) is -0.186. The molecule has 1 rings (SSSR count). The molecule has 1 fully saturated rings. The predicted molar refractivity (Wildman–Crippen MR) is 66.4 cm³/mol. The first-order valence-corrected chi connectivity index (χ1v) is 6.31. The van der Waals surface area contributed by atoms with Gasteiger partial charge in [-0.1, -0.05) is 0 Å². The third-order valence-electron chi connectivity index (χ3n) is 3.25. The molecule has 7 heteroatoms. The third kappa shape index (κ3) is 3.56. The number of hydrogen-bond acceptors (Lipinski definition) is 4. The Labute approximate surface area is 112 Å². The van der Waals surface area contributed by atoms with Crippen LogP contribution in [0.2, 0.25) is 0 Å². The number of ether oxygens (including phenoxy) is 1. The Bertz CT molecular complexity index is 341. The number of halogens is 1. The Hall–Kier alpha value is -1.37. The van der Waals surface area contributed by atoms with Crippen molar-refractivity contribution in [1.29, 1.82) is 0 Å². The number of likely N-dealkylation sites (tertiary alicyclic amines) is 1. The van der Waals surface area contributed by atoms with Crippen molar-refractivity contribution in [2.45, 2.75) is 31.5 Å². The van der Waals surface area contributed by atoms with Crippen LogP contribution in [0.25, 0.3) is 0 Å². The van der Waals surface area contributed by atoms with Gasteiger partial charge >= 0.3 is 12.0 Å². The van der Waals surface area contributed by atoms with Gasteiger partial charge in [-0.15, -0.1) is 0 Å². The average Bonchev–Trinajstić information content (AvgIpc) is 2.38. The van der Waals surface area contributed by atoms with E-state index in [0.717, 1.165) is 0 Å². The molecule has 1 saturated heterocycles. The molecule has 19 heavy (non-hydrogen) atoms. The number of urea groups is 1. The Balaban J connectivity index is 2.60. The van der Waals surface area contributed by atoms with E-state index in [1.807, 2.05) is 0 Å². The SMILES string of the molecule is CCOC(=O)C(F)C1(O)CCN(C(=O)N(C)C)CC1. The minimum absolute atomic E-state index is 0.0204. The number of nitrogens with zero attached hydrogens (tertiary/aromatic N) is 2. The largest absolute Gasteiger partial charge is 0.464 e. The van der Waals surface area contributed by atoms with E-state index < -0.39 is 17.7 Å². The molecule has 1 aliphatic heterocycles. The van der Waals surface area contributed by atoms with Gasteiger partial charge in [0.15, 0.2) is 0 Å². The van der Waals surface area contributed by atoms with Gasteiger partial charge in [-0.25, -0.2) is 14.0 Å². The fourth-order valence-electron chi connectivity index (χ4n) is 2.06. The average molecular weight is 276 g/mol. The maximum Gasteiger partial charge on any atom is 0.343 e. The molecular formula is C12H21FN2O4. The molecule has 2 amide bonds. The van der Waals surface area contributed by atoms with Crippen LogP contribution in [0.15, 0.2) is 0 Å². The summed E-state index contributed by atoms with van der Waals surface area (Å²) in [7, 11) is 3.25. The molecule has 0 saturated carbocycles.